The van der Waals surface area contributed by atoms with Gasteiger partial charge in [0.05, 0.1) is 13.2 Å². The molecule has 0 aliphatic rings. The van der Waals surface area contributed by atoms with Crippen molar-refractivity contribution >= 4 is 29.9 Å². The van der Waals surface area contributed by atoms with Crippen LogP contribution in [0.4, 0.5) is 0 Å². The van der Waals surface area contributed by atoms with E-state index in [4.69, 9.17) is 10.5 Å². The summed E-state index contributed by atoms with van der Waals surface area (Å²) in [6.07, 6.45) is 3.58. The minimum absolute atomic E-state index is 0. The molecule has 0 bridgehead atoms. The van der Waals surface area contributed by atoms with Gasteiger partial charge in [-0.3, -0.25) is 0 Å². The summed E-state index contributed by atoms with van der Waals surface area (Å²) in [6, 6.07) is 14.1. The smallest absolute Gasteiger partial charge is 0.218 e. The van der Waals surface area contributed by atoms with Crippen molar-refractivity contribution in [3.63, 3.8) is 0 Å². The topological polar surface area (TPSA) is 72.5 Å². The van der Waals surface area contributed by atoms with E-state index in [0.29, 0.717) is 25.0 Å². The molecule has 3 N–H and O–H groups in total. The summed E-state index contributed by atoms with van der Waals surface area (Å²) < 4.78 is 5.62. The van der Waals surface area contributed by atoms with Crippen LogP contribution in [0, 0.1) is 0 Å². The number of aliphatic imine (C=N–C) groups is 1. The molecule has 0 saturated heterocycles. The van der Waals surface area contributed by atoms with Gasteiger partial charge in [-0.2, -0.15) is 0 Å². The second-order valence-electron chi connectivity index (χ2n) is 5.18. The number of guanidine groups is 1. The van der Waals surface area contributed by atoms with Gasteiger partial charge in [-0.25, -0.2) is 9.98 Å². The number of nitrogens with one attached hydrogen (secondary N) is 1. The molecule has 0 amide bonds. The standard InChI is InChI=1S/C18H24N4O.HI/c1-2-13-23-17-16(9-6-11-20-17)14-22-18(19)21-12-10-15-7-4-3-5-8-15;/h3-9,11H,2,10,12-14H2,1H3,(H3,19,21,22);1H. The van der Waals surface area contributed by atoms with Crippen LogP contribution >= 0.6 is 24.0 Å². The number of benzene rings is 1. The zero-order valence-electron chi connectivity index (χ0n) is 13.9. The van der Waals surface area contributed by atoms with Gasteiger partial charge in [-0.1, -0.05) is 43.3 Å². The molecule has 1 heterocycles. The van der Waals surface area contributed by atoms with Crippen LogP contribution in [0.1, 0.15) is 24.5 Å². The molecule has 2 aromatic rings. The molecule has 0 atom stereocenters. The highest BCUT2D eigenvalue weighted by atomic mass is 127. The number of hydrogen-bond donors (Lipinski definition) is 2. The number of ether oxygens (including phenoxy) is 1. The van der Waals surface area contributed by atoms with Gasteiger partial charge < -0.3 is 15.8 Å². The SMILES string of the molecule is CCCOc1ncccc1CN=C(N)NCCc1ccccc1.I. The number of nitrogens with two attached hydrogens (primary N) is 1. The van der Waals surface area contributed by atoms with E-state index in [1.807, 2.05) is 30.3 Å². The molecule has 0 radical (unpaired) electrons. The second-order valence-corrected chi connectivity index (χ2v) is 5.18. The Morgan fingerprint density at radius 1 is 1.21 bits per heavy atom. The van der Waals surface area contributed by atoms with E-state index in [1.165, 1.54) is 5.56 Å². The number of hydrogen-bond acceptors (Lipinski definition) is 3. The summed E-state index contributed by atoms with van der Waals surface area (Å²) in [5, 5.41) is 3.13. The molecule has 2 rings (SSSR count). The molecule has 0 aliphatic heterocycles. The third-order valence-electron chi connectivity index (χ3n) is 3.28. The molecule has 1 aromatic carbocycles. The van der Waals surface area contributed by atoms with Gasteiger partial charge in [0.2, 0.25) is 5.88 Å². The first-order valence-corrected chi connectivity index (χ1v) is 7.94. The van der Waals surface area contributed by atoms with Gasteiger partial charge in [-0.05, 0) is 24.5 Å². The van der Waals surface area contributed by atoms with Crippen molar-refractivity contribution in [3.8, 4) is 5.88 Å². The third kappa shape index (κ3) is 7.16. The minimum atomic E-state index is 0. The minimum Gasteiger partial charge on any atom is -0.477 e. The summed E-state index contributed by atoms with van der Waals surface area (Å²) in [4.78, 5) is 8.60. The van der Waals surface area contributed by atoms with E-state index in [1.54, 1.807) is 6.20 Å². The lowest BCUT2D eigenvalue weighted by atomic mass is 10.1. The molecule has 0 unspecified atom stereocenters. The van der Waals surface area contributed by atoms with Gasteiger partial charge in [0.25, 0.3) is 0 Å². The van der Waals surface area contributed by atoms with Crippen molar-refractivity contribution in [3.05, 3.63) is 59.8 Å². The van der Waals surface area contributed by atoms with Crippen molar-refractivity contribution < 1.29 is 4.74 Å². The number of aromatic nitrogens is 1. The van der Waals surface area contributed by atoms with Gasteiger partial charge in [0.1, 0.15) is 0 Å². The van der Waals surface area contributed by atoms with E-state index >= 15 is 0 Å². The summed E-state index contributed by atoms with van der Waals surface area (Å²) in [7, 11) is 0. The molecule has 1 aromatic heterocycles. The monoisotopic (exact) mass is 440 g/mol. The number of nitrogens with zero attached hydrogens (tertiary/aromatic N) is 2. The van der Waals surface area contributed by atoms with Crippen LogP contribution < -0.4 is 15.8 Å². The molecule has 0 aliphatic carbocycles. The molecule has 0 fully saturated rings. The Balaban J connectivity index is 0.00000288. The molecule has 0 saturated carbocycles. The summed E-state index contributed by atoms with van der Waals surface area (Å²) >= 11 is 0. The van der Waals surface area contributed by atoms with Gasteiger partial charge in [0, 0.05) is 18.3 Å². The first kappa shape index (κ1) is 20.2. The first-order chi connectivity index (χ1) is 11.3. The van der Waals surface area contributed by atoms with E-state index in [0.717, 1.165) is 24.9 Å². The molecule has 6 heteroatoms. The molecular formula is C18H25IN4O. The Labute approximate surface area is 160 Å². The third-order valence-corrected chi connectivity index (χ3v) is 3.28. The van der Waals surface area contributed by atoms with Gasteiger partial charge >= 0.3 is 0 Å². The van der Waals surface area contributed by atoms with Crippen LogP contribution in [-0.4, -0.2) is 24.1 Å². The predicted molar refractivity (Wildman–Crippen MR) is 109 cm³/mol. The quantitative estimate of drug-likeness (QED) is 0.376. The Bertz CT molecular complexity index is 619. The maximum atomic E-state index is 5.91. The maximum Gasteiger partial charge on any atom is 0.218 e. The van der Waals surface area contributed by atoms with Crippen molar-refractivity contribution in [1.82, 2.24) is 10.3 Å². The normalized spacial score (nSPS) is 10.8. The van der Waals surface area contributed by atoms with Crippen LogP contribution in [0.15, 0.2) is 53.7 Å². The van der Waals surface area contributed by atoms with Crippen molar-refractivity contribution in [2.75, 3.05) is 13.2 Å². The molecule has 24 heavy (non-hydrogen) atoms. The van der Waals surface area contributed by atoms with Crippen LogP contribution in [0.25, 0.3) is 0 Å². The average Bonchev–Trinajstić information content (AvgIpc) is 2.60. The Hall–Kier alpha value is -1.83. The van der Waals surface area contributed by atoms with Crippen molar-refractivity contribution in [1.29, 1.82) is 0 Å². The molecule has 0 spiro atoms. The molecule has 130 valence electrons. The number of halogens is 1. The maximum absolute atomic E-state index is 5.91. The highest BCUT2D eigenvalue weighted by Crippen LogP contribution is 2.15. The lowest BCUT2D eigenvalue weighted by molar-refractivity contribution is 0.302. The largest absolute Gasteiger partial charge is 0.477 e. The number of pyridine rings is 1. The molecular weight excluding hydrogens is 415 g/mol. The van der Waals surface area contributed by atoms with Crippen LogP contribution in [0.2, 0.25) is 0 Å². The Morgan fingerprint density at radius 3 is 2.75 bits per heavy atom. The Morgan fingerprint density at radius 2 is 2.00 bits per heavy atom. The predicted octanol–water partition coefficient (Wildman–Crippen LogP) is 3.14. The summed E-state index contributed by atoms with van der Waals surface area (Å²) in [6.45, 7) is 3.93. The fourth-order valence-electron chi connectivity index (χ4n) is 2.08. The number of rotatable bonds is 8. The van der Waals surface area contributed by atoms with E-state index in [9.17, 15) is 0 Å². The first-order valence-electron chi connectivity index (χ1n) is 7.94. The van der Waals surface area contributed by atoms with Crippen LogP contribution in [-0.2, 0) is 13.0 Å². The highest BCUT2D eigenvalue weighted by molar-refractivity contribution is 14.0. The lowest BCUT2D eigenvalue weighted by Gasteiger charge is -2.09. The Kier molecular flexibility index (Phi) is 9.83. The fourth-order valence-corrected chi connectivity index (χ4v) is 2.08. The van der Waals surface area contributed by atoms with E-state index < -0.39 is 0 Å². The van der Waals surface area contributed by atoms with Crippen molar-refractivity contribution in [2.24, 2.45) is 10.7 Å². The summed E-state index contributed by atoms with van der Waals surface area (Å²) in [5.74, 6) is 1.07. The summed E-state index contributed by atoms with van der Waals surface area (Å²) in [5.41, 5.74) is 8.13. The van der Waals surface area contributed by atoms with Gasteiger partial charge in [-0.15, -0.1) is 24.0 Å². The van der Waals surface area contributed by atoms with E-state index in [-0.39, 0.29) is 24.0 Å². The van der Waals surface area contributed by atoms with Crippen LogP contribution in [0.5, 0.6) is 5.88 Å². The lowest BCUT2D eigenvalue weighted by Crippen LogP contribution is -2.33. The van der Waals surface area contributed by atoms with Gasteiger partial charge in [0.15, 0.2) is 5.96 Å². The van der Waals surface area contributed by atoms with E-state index in [2.05, 4.69) is 34.3 Å². The van der Waals surface area contributed by atoms with Crippen molar-refractivity contribution in [2.45, 2.75) is 26.3 Å². The highest BCUT2D eigenvalue weighted by Gasteiger charge is 2.03. The fraction of sp³-hybridized carbons (Fsp3) is 0.333. The average molecular weight is 440 g/mol. The second kappa shape index (κ2) is 11.7. The van der Waals surface area contributed by atoms with Crippen LogP contribution in [0.3, 0.4) is 0 Å². The zero-order valence-corrected chi connectivity index (χ0v) is 16.3. The molecule has 5 nitrogen and oxygen atoms in total. The zero-order chi connectivity index (χ0) is 16.3.